The Morgan fingerprint density at radius 2 is 1.96 bits per heavy atom. The van der Waals surface area contributed by atoms with E-state index in [0.717, 1.165) is 31.0 Å². The molecule has 0 radical (unpaired) electrons. The van der Waals surface area contributed by atoms with Crippen molar-refractivity contribution in [1.82, 2.24) is 9.55 Å². The first-order valence-corrected chi connectivity index (χ1v) is 9.58. The zero-order valence-corrected chi connectivity index (χ0v) is 16.6. The van der Waals surface area contributed by atoms with Crippen LogP contribution in [0, 0.1) is 13.8 Å². The molecule has 1 aromatic carbocycles. The van der Waals surface area contributed by atoms with E-state index < -0.39 is 0 Å². The summed E-state index contributed by atoms with van der Waals surface area (Å²) in [7, 11) is 2.04. The number of imidazole rings is 1. The second-order valence-corrected chi connectivity index (χ2v) is 7.43. The highest BCUT2D eigenvalue weighted by Crippen LogP contribution is 2.26. The second-order valence-electron chi connectivity index (χ2n) is 6.25. The van der Waals surface area contributed by atoms with E-state index in [1.807, 2.05) is 33.0 Å². The van der Waals surface area contributed by atoms with Crippen LogP contribution in [-0.4, -0.2) is 22.6 Å². The van der Waals surface area contributed by atoms with Crippen molar-refractivity contribution in [2.75, 3.05) is 18.0 Å². The molecule has 0 spiro atoms. The van der Waals surface area contributed by atoms with Crippen LogP contribution in [-0.2, 0) is 13.6 Å². The molecule has 0 aliphatic rings. The molecular weight excluding hydrogens is 344 g/mol. The van der Waals surface area contributed by atoms with Gasteiger partial charge >= 0.3 is 0 Å². The molecule has 0 saturated carbocycles. The minimum absolute atomic E-state index is 0.708. The van der Waals surface area contributed by atoms with Crippen LogP contribution in [0.25, 0.3) is 0 Å². The summed E-state index contributed by atoms with van der Waals surface area (Å²) in [4.78, 5) is 7.93. The van der Waals surface area contributed by atoms with Gasteiger partial charge in [0.2, 0.25) is 11.5 Å². The highest BCUT2D eigenvalue weighted by Gasteiger charge is 2.07. The first kappa shape index (κ1) is 18.3. The third-order valence-corrected chi connectivity index (χ3v) is 5.27. The summed E-state index contributed by atoms with van der Waals surface area (Å²) < 4.78 is 4.25. The number of benzene rings is 1. The third kappa shape index (κ3) is 4.54. The molecule has 3 aromatic rings. The predicted octanol–water partition coefficient (Wildman–Crippen LogP) is 4.33. The average Bonchev–Trinajstić information content (AvgIpc) is 3.20. The Hall–Kier alpha value is -2.54. The van der Waals surface area contributed by atoms with Crippen LogP contribution in [0.2, 0.25) is 0 Å². The van der Waals surface area contributed by atoms with E-state index in [-0.39, 0.29) is 0 Å². The Balaban J connectivity index is 1.63. The number of thiazole rings is 1. The molecular formula is C19H25N6S+. The maximum atomic E-state index is 4.39. The van der Waals surface area contributed by atoms with Crippen molar-refractivity contribution in [3.63, 3.8) is 0 Å². The minimum Gasteiger partial charge on any atom is -0.368 e. The number of hydrogen-bond acceptors (Lipinski definition) is 5. The zero-order valence-electron chi connectivity index (χ0n) is 15.8. The Kier molecular flexibility index (Phi) is 5.78. The summed E-state index contributed by atoms with van der Waals surface area (Å²) in [6.45, 7) is 9.10. The highest BCUT2D eigenvalue weighted by molar-refractivity contribution is 7.15. The van der Waals surface area contributed by atoms with Crippen LogP contribution in [0.5, 0.6) is 0 Å². The quantitative estimate of drug-likeness (QED) is 0.460. The van der Waals surface area contributed by atoms with Crippen molar-refractivity contribution in [2.24, 2.45) is 17.3 Å². The molecule has 2 aromatic heterocycles. The number of likely N-dealkylation sites (N-methyl/N-ethyl adjacent to an activating group) is 1. The van der Waals surface area contributed by atoms with Crippen LogP contribution in [0.1, 0.15) is 17.5 Å². The minimum atomic E-state index is 0.708. The van der Waals surface area contributed by atoms with Gasteiger partial charge in [0, 0.05) is 17.1 Å². The van der Waals surface area contributed by atoms with Crippen molar-refractivity contribution in [2.45, 2.75) is 27.3 Å². The Morgan fingerprint density at radius 1 is 1.19 bits per heavy atom. The van der Waals surface area contributed by atoms with Crippen LogP contribution < -0.4 is 9.47 Å². The molecule has 6 nitrogen and oxygen atoms in total. The summed E-state index contributed by atoms with van der Waals surface area (Å²) in [5.74, 6) is 0. The van der Waals surface area contributed by atoms with Crippen molar-refractivity contribution in [1.29, 1.82) is 0 Å². The Bertz CT molecular complexity index is 858. The Morgan fingerprint density at radius 3 is 2.54 bits per heavy atom. The van der Waals surface area contributed by atoms with Gasteiger partial charge in [-0.2, -0.15) is 0 Å². The molecule has 0 atom stereocenters. The van der Waals surface area contributed by atoms with E-state index in [4.69, 9.17) is 0 Å². The summed E-state index contributed by atoms with van der Waals surface area (Å²) in [5.41, 5.74) is 3.06. The Labute approximate surface area is 158 Å². The molecule has 26 heavy (non-hydrogen) atoms. The molecule has 0 aliphatic heterocycles. The smallest absolute Gasteiger partial charge is 0.243 e. The van der Waals surface area contributed by atoms with Crippen LogP contribution in [0.3, 0.4) is 0 Å². The van der Waals surface area contributed by atoms with Gasteiger partial charge in [-0.25, -0.2) is 14.1 Å². The van der Waals surface area contributed by atoms with E-state index in [2.05, 4.69) is 67.0 Å². The van der Waals surface area contributed by atoms with Crippen LogP contribution in [0.4, 0.5) is 16.5 Å². The number of aryl methyl sites for hydroxylation is 3. The number of hydrogen-bond donors (Lipinski definition) is 0. The molecule has 0 amide bonds. The van der Waals surface area contributed by atoms with Crippen molar-refractivity contribution in [3.8, 4) is 0 Å². The summed E-state index contributed by atoms with van der Waals surface area (Å²) in [6.07, 6.45) is 6.25. The van der Waals surface area contributed by atoms with Gasteiger partial charge in [0.05, 0.1) is 25.0 Å². The molecule has 7 heteroatoms. The zero-order chi connectivity index (χ0) is 18.5. The van der Waals surface area contributed by atoms with Gasteiger partial charge in [0.15, 0.2) is 0 Å². The lowest BCUT2D eigenvalue weighted by Gasteiger charge is -2.22. The molecule has 0 aliphatic carbocycles. The number of nitrogens with zero attached hydrogens (tertiary/aromatic N) is 6. The standard InChI is InChI=1S/C19H25N6S/c1-5-25(13-12-24-11-10-23(4)14-24)18-8-6-17(7-9-18)21-22-19-20-15(2)16(3)26-19/h6-11,14H,5,12-13H2,1-4H3/q+1/b22-21+. The number of rotatable bonds is 7. The van der Waals surface area contributed by atoms with Gasteiger partial charge in [-0.1, -0.05) is 11.3 Å². The van der Waals surface area contributed by atoms with Gasteiger partial charge in [-0.05, 0) is 45.0 Å². The van der Waals surface area contributed by atoms with E-state index in [1.54, 1.807) is 11.3 Å². The van der Waals surface area contributed by atoms with Crippen LogP contribution in [0.15, 0.2) is 53.2 Å². The fourth-order valence-electron chi connectivity index (χ4n) is 2.67. The average molecular weight is 370 g/mol. The molecule has 0 unspecified atom stereocenters. The SMILES string of the molecule is CCN(CCn1cc[n+](C)c1)c1ccc(/N=N/c2nc(C)c(C)s2)cc1. The van der Waals surface area contributed by atoms with Crippen molar-refractivity contribution >= 4 is 27.8 Å². The molecule has 136 valence electrons. The topological polar surface area (TPSA) is 49.7 Å². The highest BCUT2D eigenvalue weighted by atomic mass is 32.1. The van der Waals surface area contributed by atoms with E-state index in [0.29, 0.717) is 5.13 Å². The third-order valence-electron chi connectivity index (χ3n) is 4.32. The molecule has 0 bridgehead atoms. The maximum Gasteiger partial charge on any atom is 0.243 e. The monoisotopic (exact) mass is 369 g/mol. The first-order chi connectivity index (χ1) is 12.5. The van der Waals surface area contributed by atoms with Gasteiger partial charge in [0.25, 0.3) is 0 Å². The van der Waals surface area contributed by atoms with Crippen molar-refractivity contribution < 1.29 is 4.57 Å². The lowest BCUT2D eigenvalue weighted by atomic mass is 10.2. The molecule has 3 rings (SSSR count). The maximum absolute atomic E-state index is 4.39. The molecule has 0 N–H and O–H groups in total. The van der Waals surface area contributed by atoms with Gasteiger partial charge in [-0.3, -0.25) is 0 Å². The van der Waals surface area contributed by atoms with Crippen LogP contribution >= 0.6 is 11.3 Å². The summed E-state index contributed by atoms with van der Waals surface area (Å²) in [6, 6.07) is 8.21. The normalized spacial score (nSPS) is 11.4. The molecule has 0 saturated heterocycles. The fourth-order valence-corrected chi connectivity index (χ4v) is 3.40. The fraction of sp³-hybridized carbons (Fsp3) is 0.368. The lowest BCUT2D eigenvalue weighted by molar-refractivity contribution is -0.671. The first-order valence-electron chi connectivity index (χ1n) is 8.77. The largest absolute Gasteiger partial charge is 0.368 e. The van der Waals surface area contributed by atoms with Gasteiger partial charge in [-0.15, -0.1) is 10.2 Å². The molecule has 0 fully saturated rings. The lowest BCUT2D eigenvalue weighted by Crippen LogP contribution is -2.28. The summed E-state index contributed by atoms with van der Waals surface area (Å²) >= 11 is 1.57. The van der Waals surface area contributed by atoms with E-state index >= 15 is 0 Å². The van der Waals surface area contributed by atoms with E-state index in [1.165, 1.54) is 10.6 Å². The number of aromatic nitrogens is 3. The summed E-state index contributed by atoms with van der Waals surface area (Å²) in [5, 5.41) is 9.25. The second kappa shape index (κ2) is 8.23. The van der Waals surface area contributed by atoms with Gasteiger partial charge in [0.1, 0.15) is 18.9 Å². The van der Waals surface area contributed by atoms with E-state index in [9.17, 15) is 0 Å². The predicted molar refractivity (Wildman–Crippen MR) is 106 cm³/mol. The van der Waals surface area contributed by atoms with Gasteiger partial charge < -0.3 is 4.90 Å². The van der Waals surface area contributed by atoms with Crippen molar-refractivity contribution in [3.05, 3.63) is 53.6 Å². The number of anilines is 1. The molecule has 2 heterocycles. The number of azo groups is 1.